The number of hydrogen-bond donors (Lipinski definition) is 2. The van der Waals surface area contributed by atoms with Crippen molar-refractivity contribution >= 4 is 16.9 Å². The zero-order valence-corrected chi connectivity index (χ0v) is 13.9. The van der Waals surface area contributed by atoms with Crippen molar-refractivity contribution < 1.29 is 9.90 Å². The van der Waals surface area contributed by atoms with E-state index in [1.54, 1.807) is 12.1 Å². The number of aryl methyl sites for hydroxylation is 2. The van der Waals surface area contributed by atoms with Gasteiger partial charge < -0.3 is 15.0 Å². The van der Waals surface area contributed by atoms with E-state index in [9.17, 15) is 9.90 Å². The molecule has 5 heteroatoms. The van der Waals surface area contributed by atoms with Crippen molar-refractivity contribution in [3.63, 3.8) is 0 Å². The van der Waals surface area contributed by atoms with Crippen LogP contribution in [-0.4, -0.2) is 33.2 Å². The van der Waals surface area contributed by atoms with E-state index in [-0.39, 0.29) is 12.5 Å². The van der Waals surface area contributed by atoms with Gasteiger partial charge in [0.15, 0.2) is 0 Å². The summed E-state index contributed by atoms with van der Waals surface area (Å²) in [6.07, 6.45) is -0.100. The summed E-state index contributed by atoms with van der Waals surface area (Å²) >= 11 is 0. The van der Waals surface area contributed by atoms with Crippen LogP contribution in [0.25, 0.3) is 11.0 Å². The number of fused-ring (bicyclic) bond motifs is 1. The van der Waals surface area contributed by atoms with Gasteiger partial charge >= 0.3 is 0 Å². The van der Waals surface area contributed by atoms with Crippen LogP contribution >= 0.6 is 0 Å². The van der Waals surface area contributed by atoms with Crippen LogP contribution in [0.15, 0.2) is 48.5 Å². The number of nitrogens with one attached hydrogen (secondary N) is 1. The number of carbonyl (C=O) groups is 1. The molecule has 1 aromatic heterocycles. The monoisotopic (exact) mass is 323 g/mol. The fourth-order valence-electron chi connectivity index (χ4n) is 2.73. The van der Waals surface area contributed by atoms with Gasteiger partial charge in [0.2, 0.25) is 0 Å². The molecular formula is C19H21N3O2. The molecule has 0 radical (unpaired) electrons. The average molecular weight is 323 g/mol. The predicted octanol–water partition coefficient (Wildman–Crippen LogP) is 2.22. The van der Waals surface area contributed by atoms with Crippen molar-refractivity contribution in [2.75, 3.05) is 6.54 Å². The van der Waals surface area contributed by atoms with Crippen LogP contribution < -0.4 is 5.32 Å². The van der Waals surface area contributed by atoms with Gasteiger partial charge in [-0.2, -0.15) is 0 Å². The summed E-state index contributed by atoms with van der Waals surface area (Å²) in [5.41, 5.74) is 3.39. The van der Waals surface area contributed by atoms with Crippen LogP contribution in [0.3, 0.4) is 0 Å². The Labute approximate surface area is 141 Å². The molecule has 24 heavy (non-hydrogen) atoms. The SMILES string of the molecule is Cc1nc2cc(C(=O)NC[C@@H](O)Cc3ccccc3)ccc2n1C. The maximum absolute atomic E-state index is 12.3. The van der Waals surface area contributed by atoms with Crippen LogP contribution in [0, 0.1) is 6.92 Å². The second-order valence-corrected chi connectivity index (χ2v) is 5.98. The Hall–Kier alpha value is -2.66. The second-order valence-electron chi connectivity index (χ2n) is 5.98. The predicted molar refractivity (Wildman–Crippen MR) is 93.9 cm³/mol. The summed E-state index contributed by atoms with van der Waals surface area (Å²) in [4.78, 5) is 16.7. The van der Waals surface area contributed by atoms with Crippen molar-refractivity contribution in [1.29, 1.82) is 0 Å². The molecule has 1 heterocycles. The Bertz CT molecular complexity index is 856. The van der Waals surface area contributed by atoms with Crippen molar-refractivity contribution in [2.24, 2.45) is 7.05 Å². The van der Waals surface area contributed by atoms with Crippen molar-refractivity contribution in [3.05, 3.63) is 65.5 Å². The molecule has 0 saturated heterocycles. The van der Waals surface area contributed by atoms with E-state index in [4.69, 9.17) is 0 Å². The van der Waals surface area contributed by atoms with E-state index in [1.807, 2.05) is 54.9 Å². The van der Waals surface area contributed by atoms with Crippen LogP contribution in [0.4, 0.5) is 0 Å². The number of amides is 1. The Balaban J connectivity index is 1.62. The largest absolute Gasteiger partial charge is 0.391 e. The summed E-state index contributed by atoms with van der Waals surface area (Å²) in [5.74, 6) is 0.702. The molecule has 3 aromatic rings. The maximum atomic E-state index is 12.3. The first kappa shape index (κ1) is 16.2. The summed E-state index contributed by atoms with van der Waals surface area (Å²) in [7, 11) is 1.95. The molecule has 1 amide bonds. The molecule has 0 aliphatic rings. The topological polar surface area (TPSA) is 67.2 Å². The third-order valence-electron chi connectivity index (χ3n) is 4.18. The van der Waals surface area contributed by atoms with Crippen LogP contribution in [-0.2, 0) is 13.5 Å². The molecule has 0 aliphatic carbocycles. The minimum Gasteiger partial charge on any atom is -0.391 e. The molecular weight excluding hydrogens is 302 g/mol. The Morgan fingerprint density at radius 3 is 2.75 bits per heavy atom. The number of aromatic nitrogens is 2. The number of benzene rings is 2. The zero-order chi connectivity index (χ0) is 17.1. The van der Waals surface area contributed by atoms with E-state index < -0.39 is 6.10 Å². The molecule has 2 aromatic carbocycles. The molecule has 2 N–H and O–H groups in total. The zero-order valence-electron chi connectivity index (χ0n) is 13.9. The van der Waals surface area contributed by atoms with Gasteiger partial charge in [-0.25, -0.2) is 4.98 Å². The molecule has 0 bridgehead atoms. The fourth-order valence-corrected chi connectivity index (χ4v) is 2.73. The van der Waals surface area contributed by atoms with E-state index in [0.717, 1.165) is 22.4 Å². The summed E-state index contributed by atoms with van der Waals surface area (Å²) in [6, 6.07) is 15.2. The van der Waals surface area contributed by atoms with Crippen molar-refractivity contribution in [1.82, 2.24) is 14.9 Å². The Kier molecular flexibility index (Phi) is 4.62. The van der Waals surface area contributed by atoms with Crippen molar-refractivity contribution in [3.8, 4) is 0 Å². The molecule has 0 unspecified atom stereocenters. The van der Waals surface area contributed by atoms with Gasteiger partial charge in [-0.3, -0.25) is 4.79 Å². The van der Waals surface area contributed by atoms with Crippen LogP contribution in [0.5, 0.6) is 0 Å². The van der Waals surface area contributed by atoms with Gasteiger partial charge in [0.05, 0.1) is 17.1 Å². The highest BCUT2D eigenvalue weighted by Gasteiger charge is 2.12. The molecule has 0 fully saturated rings. The third kappa shape index (κ3) is 3.46. The van der Waals surface area contributed by atoms with Gasteiger partial charge in [-0.05, 0) is 30.7 Å². The number of aliphatic hydroxyl groups excluding tert-OH is 1. The van der Waals surface area contributed by atoms with Crippen LogP contribution in [0.2, 0.25) is 0 Å². The highest BCUT2D eigenvalue weighted by atomic mass is 16.3. The van der Waals surface area contributed by atoms with E-state index in [1.165, 1.54) is 0 Å². The molecule has 5 nitrogen and oxygen atoms in total. The van der Waals surface area contributed by atoms with Gasteiger partial charge in [0, 0.05) is 25.6 Å². The van der Waals surface area contributed by atoms with Gasteiger partial charge in [-0.1, -0.05) is 30.3 Å². The van der Waals surface area contributed by atoms with Gasteiger partial charge in [-0.15, -0.1) is 0 Å². The van der Waals surface area contributed by atoms with E-state index in [0.29, 0.717) is 12.0 Å². The molecule has 3 rings (SSSR count). The van der Waals surface area contributed by atoms with E-state index in [2.05, 4.69) is 10.3 Å². The minimum atomic E-state index is -0.614. The average Bonchev–Trinajstić information content (AvgIpc) is 2.87. The van der Waals surface area contributed by atoms with E-state index >= 15 is 0 Å². The number of aliphatic hydroxyl groups is 1. The Morgan fingerprint density at radius 2 is 2.00 bits per heavy atom. The summed E-state index contributed by atoms with van der Waals surface area (Å²) < 4.78 is 1.99. The standard InChI is InChI=1S/C19H21N3O2/c1-13-21-17-11-15(8-9-18(17)22(13)2)19(24)20-12-16(23)10-14-6-4-3-5-7-14/h3-9,11,16,23H,10,12H2,1-2H3,(H,20,24)/t16-/m0/s1. The second kappa shape index (κ2) is 6.84. The first-order valence-electron chi connectivity index (χ1n) is 7.98. The Morgan fingerprint density at radius 1 is 1.25 bits per heavy atom. The lowest BCUT2D eigenvalue weighted by atomic mass is 10.1. The number of nitrogens with zero attached hydrogens (tertiary/aromatic N) is 2. The highest BCUT2D eigenvalue weighted by molar-refractivity contribution is 5.97. The van der Waals surface area contributed by atoms with Crippen LogP contribution in [0.1, 0.15) is 21.7 Å². The normalized spacial score (nSPS) is 12.3. The number of carbonyl (C=O) groups excluding carboxylic acids is 1. The number of imidazole rings is 1. The highest BCUT2D eigenvalue weighted by Crippen LogP contribution is 2.16. The fraction of sp³-hybridized carbons (Fsp3) is 0.263. The molecule has 0 aliphatic heterocycles. The lowest BCUT2D eigenvalue weighted by Gasteiger charge is -2.12. The lowest BCUT2D eigenvalue weighted by molar-refractivity contribution is 0.0916. The molecule has 0 spiro atoms. The van der Waals surface area contributed by atoms with Gasteiger partial charge in [0.25, 0.3) is 5.91 Å². The third-order valence-corrected chi connectivity index (χ3v) is 4.18. The van der Waals surface area contributed by atoms with Crippen molar-refractivity contribution in [2.45, 2.75) is 19.4 Å². The number of hydrogen-bond acceptors (Lipinski definition) is 3. The molecule has 124 valence electrons. The maximum Gasteiger partial charge on any atom is 0.251 e. The molecule has 0 saturated carbocycles. The molecule has 1 atom stereocenters. The smallest absolute Gasteiger partial charge is 0.251 e. The minimum absolute atomic E-state index is 0.202. The summed E-state index contributed by atoms with van der Waals surface area (Å²) in [6.45, 7) is 2.15. The summed E-state index contributed by atoms with van der Waals surface area (Å²) in [5, 5.41) is 12.9. The van der Waals surface area contributed by atoms with Gasteiger partial charge in [0.1, 0.15) is 5.82 Å². The first-order chi connectivity index (χ1) is 11.5. The quantitative estimate of drug-likeness (QED) is 0.756. The first-order valence-corrected chi connectivity index (χ1v) is 7.98. The number of rotatable bonds is 5. The lowest BCUT2D eigenvalue weighted by Crippen LogP contribution is -2.33.